The Morgan fingerprint density at radius 3 is 2.50 bits per heavy atom. The number of rotatable bonds is 2. The standard InChI is InChI=1S/C6H11NO/c1-4-6(3)8-7-5-2/h4-5H,1-3H3/b6-4-,7-5+. The lowest BCUT2D eigenvalue weighted by molar-refractivity contribution is 0.230. The lowest BCUT2D eigenvalue weighted by Crippen LogP contribution is -1.75. The molecule has 0 atom stereocenters. The fourth-order valence-electron chi connectivity index (χ4n) is 0.189. The Labute approximate surface area is 49.8 Å². The normalized spacial score (nSPS) is 12.6. The summed E-state index contributed by atoms with van der Waals surface area (Å²) in [4.78, 5) is 4.77. The topological polar surface area (TPSA) is 21.6 Å². The van der Waals surface area contributed by atoms with E-state index in [1.165, 1.54) is 0 Å². The molecule has 0 aliphatic rings. The zero-order valence-corrected chi connectivity index (χ0v) is 5.51. The SMILES string of the molecule is C/C=C(/C)O/N=C/C. The molecule has 2 nitrogen and oxygen atoms in total. The second-order valence-electron chi connectivity index (χ2n) is 1.35. The quantitative estimate of drug-likeness (QED) is 0.304. The summed E-state index contributed by atoms with van der Waals surface area (Å²) in [5.41, 5.74) is 0. The van der Waals surface area contributed by atoms with Gasteiger partial charge in [-0.3, -0.25) is 0 Å². The van der Waals surface area contributed by atoms with Crippen LogP contribution in [-0.2, 0) is 4.84 Å². The van der Waals surface area contributed by atoms with Gasteiger partial charge in [-0.1, -0.05) is 5.16 Å². The first-order valence-corrected chi connectivity index (χ1v) is 2.59. The second-order valence-corrected chi connectivity index (χ2v) is 1.35. The maximum absolute atomic E-state index is 4.77. The lowest BCUT2D eigenvalue weighted by atomic mass is 10.5. The Balaban J connectivity index is 3.40. The Morgan fingerprint density at radius 2 is 2.12 bits per heavy atom. The molecule has 0 heterocycles. The molecule has 0 N–H and O–H groups in total. The summed E-state index contributed by atoms with van der Waals surface area (Å²) >= 11 is 0. The van der Waals surface area contributed by atoms with Crippen molar-refractivity contribution in [3.8, 4) is 0 Å². The van der Waals surface area contributed by atoms with E-state index in [0.29, 0.717) is 0 Å². The molecule has 0 aromatic carbocycles. The van der Waals surface area contributed by atoms with E-state index >= 15 is 0 Å². The Kier molecular flexibility index (Phi) is 3.94. The predicted molar refractivity (Wildman–Crippen MR) is 34.7 cm³/mol. The minimum absolute atomic E-state index is 0.822. The van der Waals surface area contributed by atoms with Gasteiger partial charge in [-0.05, 0) is 26.8 Å². The monoisotopic (exact) mass is 113 g/mol. The molecule has 0 aliphatic carbocycles. The van der Waals surface area contributed by atoms with Gasteiger partial charge in [-0.25, -0.2) is 0 Å². The van der Waals surface area contributed by atoms with Gasteiger partial charge >= 0.3 is 0 Å². The summed E-state index contributed by atoms with van der Waals surface area (Å²) in [6, 6.07) is 0. The number of oxime groups is 1. The van der Waals surface area contributed by atoms with Crippen LogP contribution in [-0.4, -0.2) is 6.21 Å². The van der Waals surface area contributed by atoms with E-state index in [-0.39, 0.29) is 0 Å². The highest BCUT2D eigenvalue weighted by Crippen LogP contribution is 1.92. The van der Waals surface area contributed by atoms with Gasteiger partial charge in [-0.15, -0.1) is 0 Å². The molecular weight excluding hydrogens is 102 g/mol. The van der Waals surface area contributed by atoms with Gasteiger partial charge in [-0.2, -0.15) is 0 Å². The predicted octanol–water partition coefficient (Wildman–Crippen LogP) is 1.93. The Hall–Kier alpha value is -0.790. The zero-order valence-electron chi connectivity index (χ0n) is 5.51. The molecule has 46 valence electrons. The van der Waals surface area contributed by atoms with Crippen LogP contribution in [0.3, 0.4) is 0 Å². The fourth-order valence-corrected chi connectivity index (χ4v) is 0.189. The van der Waals surface area contributed by atoms with E-state index < -0.39 is 0 Å². The highest BCUT2D eigenvalue weighted by molar-refractivity contribution is 5.52. The van der Waals surface area contributed by atoms with Crippen LogP contribution >= 0.6 is 0 Å². The fraction of sp³-hybridized carbons (Fsp3) is 0.500. The summed E-state index contributed by atoms with van der Waals surface area (Å²) < 4.78 is 0. The van der Waals surface area contributed by atoms with Gasteiger partial charge in [0.1, 0.15) is 5.76 Å². The van der Waals surface area contributed by atoms with Crippen LogP contribution in [0.2, 0.25) is 0 Å². The molecule has 0 aromatic heterocycles. The van der Waals surface area contributed by atoms with Crippen LogP contribution in [0.25, 0.3) is 0 Å². The van der Waals surface area contributed by atoms with Crippen molar-refractivity contribution in [1.29, 1.82) is 0 Å². The average molecular weight is 113 g/mol. The van der Waals surface area contributed by atoms with Crippen molar-refractivity contribution in [3.05, 3.63) is 11.8 Å². The highest BCUT2D eigenvalue weighted by atomic mass is 16.6. The van der Waals surface area contributed by atoms with Crippen LogP contribution in [0.15, 0.2) is 17.0 Å². The summed E-state index contributed by atoms with van der Waals surface area (Å²) in [6.45, 7) is 5.57. The summed E-state index contributed by atoms with van der Waals surface area (Å²) in [7, 11) is 0. The minimum Gasteiger partial charge on any atom is -0.362 e. The molecule has 0 aliphatic heterocycles. The minimum atomic E-state index is 0.822. The van der Waals surface area contributed by atoms with Crippen molar-refractivity contribution in [2.75, 3.05) is 0 Å². The van der Waals surface area contributed by atoms with Gasteiger partial charge in [0.25, 0.3) is 0 Å². The van der Waals surface area contributed by atoms with Crippen molar-refractivity contribution >= 4 is 6.21 Å². The molecule has 0 unspecified atom stereocenters. The average Bonchev–Trinajstić information content (AvgIpc) is 1.83. The third kappa shape index (κ3) is 3.40. The number of hydrogen-bond acceptors (Lipinski definition) is 2. The van der Waals surface area contributed by atoms with E-state index in [0.717, 1.165) is 5.76 Å². The van der Waals surface area contributed by atoms with E-state index in [1.54, 1.807) is 6.21 Å². The molecule has 0 fully saturated rings. The molecule has 0 saturated carbocycles. The molecule has 0 bridgehead atoms. The first-order chi connectivity index (χ1) is 3.81. The molecule has 2 heteroatoms. The third-order valence-electron chi connectivity index (χ3n) is 0.709. The Morgan fingerprint density at radius 1 is 1.50 bits per heavy atom. The molecular formula is C6H11NO. The van der Waals surface area contributed by atoms with Gasteiger partial charge in [0, 0.05) is 6.21 Å². The van der Waals surface area contributed by atoms with Crippen LogP contribution in [0.1, 0.15) is 20.8 Å². The smallest absolute Gasteiger partial charge is 0.127 e. The van der Waals surface area contributed by atoms with E-state index in [4.69, 9.17) is 4.84 Å². The van der Waals surface area contributed by atoms with Crippen LogP contribution < -0.4 is 0 Å². The number of hydrogen-bond donors (Lipinski definition) is 0. The van der Waals surface area contributed by atoms with Crippen LogP contribution in [0, 0.1) is 0 Å². The molecule has 0 amide bonds. The largest absolute Gasteiger partial charge is 0.362 e. The molecule has 8 heavy (non-hydrogen) atoms. The van der Waals surface area contributed by atoms with Gasteiger partial charge in [0.05, 0.1) is 0 Å². The summed E-state index contributed by atoms with van der Waals surface area (Å²) in [5.74, 6) is 0.822. The number of allylic oxidation sites excluding steroid dienone is 2. The molecule has 0 spiro atoms. The van der Waals surface area contributed by atoms with E-state index in [1.807, 2.05) is 26.8 Å². The second kappa shape index (κ2) is 4.37. The van der Waals surface area contributed by atoms with Crippen molar-refractivity contribution in [2.45, 2.75) is 20.8 Å². The molecule has 0 rings (SSSR count). The molecule has 0 aromatic rings. The maximum atomic E-state index is 4.77. The lowest BCUT2D eigenvalue weighted by Gasteiger charge is -1.91. The van der Waals surface area contributed by atoms with Gasteiger partial charge in [0.2, 0.25) is 0 Å². The maximum Gasteiger partial charge on any atom is 0.127 e. The summed E-state index contributed by atoms with van der Waals surface area (Å²) in [5, 5.41) is 3.55. The number of nitrogens with zero attached hydrogens (tertiary/aromatic N) is 1. The van der Waals surface area contributed by atoms with Crippen molar-refractivity contribution in [3.63, 3.8) is 0 Å². The highest BCUT2D eigenvalue weighted by Gasteiger charge is 1.78. The first-order valence-electron chi connectivity index (χ1n) is 2.59. The van der Waals surface area contributed by atoms with Gasteiger partial charge < -0.3 is 4.84 Å². The van der Waals surface area contributed by atoms with Crippen LogP contribution in [0.5, 0.6) is 0 Å². The van der Waals surface area contributed by atoms with Gasteiger partial charge in [0.15, 0.2) is 0 Å². The van der Waals surface area contributed by atoms with E-state index in [9.17, 15) is 0 Å². The van der Waals surface area contributed by atoms with Crippen molar-refractivity contribution in [2.24, 2.45) is 5.16 Å². The van der Waals surface area contributed by atoms with Crippen molar-refractivity contribution in [1.82, 2.24) is 0 Å². The zero-order chi connectivity index (χ0) is 6.41. The molecule has 0 saturated heterocycles. The van der Waals surface area contributed by atoms with Crippen molar-refractivity contribution < 1.29 is 4.84 Å². The van der Waals surface area contributed by atoms with Crippen LogP contribution in [0.4, 0.5) is 0 Å². The first kappa shape index (κ1) is 7.21. The van der Waals surface area contributed by atoms with E-state index in [2.05, 4.69) is 5.16 Å². The third-order valence-corrected chi connectivity index (χ3v) is 0.709. The molecule has 0 radical (unpaired) electrons. The summed E-state index contributed by atoms with van der Waals surface area (Å²) in [6.07, 6.45) is 3.46. The Bertz CT molecular complexity index is 105.